The van der Waals surface area contributed by atoms with E-state index < -0.39 is 11.8 Å². The molecule has 0 spiro atoms. The number of methoxy groups -OCH3 is 1. The molecular weight excluding hydrogens is 435 g/mol. The van der Waals surface area contributed by atoms with Gasteiger partial charge in [-0.2, -0.15) is 0 Å². The summed E-state index contributed by atoms with van der Waals surface area (Å²) in [5.41, 5.74) is 2.62. The summed E-state index contributed by atoms with van der Waals surface area (Å²) in [6.07, 6.45) is 6.15. The van der Waals surface area contributed by atoms with E-state index in [0.717, 1.165) is 11.1 Å². The van der Waals surface area contributed by atoms with Gasteiger partial charge in [-0.3, -0.25) is 4.79 Å². The zero-order valence-corrected chi connectivity index (χ0v) is 19.2. The molecule has 0 aliphatic rings. The molecule has 1 atom stereocenters. The second-order valence-electron chi connectivity index (χ2n) is 7.73. The summed E-state index contributed by atoms with van der Waals surface area (Å²) in [5.74, 6) is 2.72. The summed E-state index contributed by atoms with van der Waals surface area (Å²) in [7, 11) is 1.52. The van der Waals surface area contributed by atoms with Crippen LogP contribution in [0.4, 0.5) is 4.39 Å². The lowest BCUT2D eigenvalue weighted by Crippen LogP contribution is -2.06. The Morgan fingerprint density at radius 3 is 2.59 bits per heavy atom. The van der Waals surface area contributed by atoms with Crippen molar-refractivity contribution >= 4 is 5.97 Å². The summed E-state index contributed by atoms with van der Waals surface area (Å²) >= 11 is 0. The van der Waals surface area contributed by atoms with Crippen molar-refractivity contribution in [2.75, 3.05) is 13.7 Å². The molecule has 176 valence electrons. The first-order valence-corrected chi connectivity index (χ1v) is 10.9. The standard InChI is InChI=1S/C28H27FO5/c1-4-13-33-27-14-19(9-11-24(27)25-17-22(32-3)10-12-26(25)29)18-34-23-8-6-7-21(15-23)20(5-2)16-28(30)31/h1,6-12,14-15,17,20H,5,13,16,18H2,2-3H3,(H,30,31)/t20-/m1/s1. The topological polar surface area (TPSA) is 65.0 Å². The third-order valence-electron chi connectivity index (χ3n) is 5.47. The lowest BCUT2D eigenvalue weighted by molar-refractivity contribution is -0.137. The molecule has 0 saturated carbocycles. The van der Waals surface area contributed by atoms with Gasteiger partial charge in [-0.1, -0.05) is 37.1 Å². The molecule has 5 nitrogen and oxygen atoms in total. The minimum Gasteiger partial charge on any atom is -0.497 e. The van der Waals surface area contributed by atoms with Gasteiger partial charge in [-0.05, 0) is 59.9 Å². The Hall–Kier alpha value is -3.98. The molecule has 3 rings (SSSR count). The number of hydrogen-bond donors (Lipinski definition) is 1. The van der Waals surface area contributed by atoms with Crippen molar-refractivity contribution in [1.82, 2.24) is 0 Å². The van der Waals surface area contributed by atoms with E-state index in [9.17, 15) is 9.18 Å². The highest BCUT2D eigenvalue weighted by Gasteiger charge is 2.16. The fourth-order valence-corrected chi connectivity index (χ4v) is 3.69. The molecule has 0 heterocycles. The molecule has 34 heavy (non-hydrogen) atoms. The SMILES string of the molecule is C#CCOc1cc(COc2cccc([C@H](CC)CC(=O)O)c2)ccc1-c1cc(OC)ccc1F. The quantitative estimate of drug-likeness (QED) is 0.351. The fraction of sp³-hybridized carbons (Fsp3) is 0.250. The van der Waals surface area contributed by atoms with Crippen molar-refractivity contribution in [1.29, 1.82) is 0 Å². The molecule has 0 fully saturated rings. The van der Waals surface area contributed by atoms with E-state index in [1.54, 1.807) is 24.3 Å². The van der Waals surface area contributed by atoms with Crippen LogP contribution in [0.5, 0.6) is 17.2 Å². The molecule has 0 aliphatic heterocycles. The van der Waals surface area contributed by atoms with E-state index >= 15 is 0 Å². The van der Waals surface area contributed by atoms with Gasteiger partial charge in [-0.25, -0.2) is 4.39 Å². The Kier molecular flexibility index (Phi) is 8.53. The minimum atomic E-state index is -0.828. The van der Waals surface area contributed by atoms with Crippen molar-refractivity contribution in [3.63, 3.8) is 0 Å². The Bertz CT molecular complexity index is 1180. The van der Waals surface area contributed by atoms with Gasteiger partial charge in [-0.15, -0.1) is 6.42 Å². The van der Waals surface area contributed by atoms with E-state index in [0.29, 0.717) is 34.8 Å². The predicted molar refractivity (Wildman–Crippen MR) is 129 cm³/mol. The number of carbonyl (C=O) groups is 1. The number of hydrogen-bond acceptors (Lipinski definition) is 4. The van der Waals surface area contributed by atoms with Crippen LogP contribution < -0.4 is 14.2 Å². The van der Waals surface area contributed by atoms with Crippen LogP contribution >= 0.6 is 0 Å². The highest BCUT2D eigenvalue weighted by molar-refractivity contribution is 5.72. The van der Waals surface area contributed by atoms with Crippen LogP contribution in [0.3, 0.4) is 0 Å². The molecule has 3 aromatic carbocycles. The van der Waals surface area contributed by atoms with Gasteiger partial charge in [0.2, 0.25) is 0 Å². The molecule has 0 aliphatic carbocycles. The van der Waals surface area contributed by atoms with Gasteiger partial charge in [0.1, 0.15) is 36.3 Å². The monoisotopic (exact) mass is 462 g/mol. The molecule has 0 unspecified atom stereocenters. The van der Waals surface area contributed by atoms with Gasteiger partial charge >= 0.3 is 5.97 Å². The zero-order valence-electron chi connectivity index (χ0n) is 19.2. The molecule has 6 heteroatoms. The van der Waals surface area contributed by atoms with Crippen LogP contribution in [-0.2, 0) is 11.4 Å². The maximum Gasteiger partial charge on any atom is 0.303 e. The number of rotatable bonds is 11. The van der Waals surface area contributed by atoms with Crippen LogP contribution in [-0.4, -0.2) is 24.8 Å². The van der Waals surface area contributed by atoms with Gasteiger partial charge in [0, 0.05) is 11.1 Å². The lowest BCUT2D eigenvalue weighted by atomic mass is 9.93. The maximum absolute atomic E-state index is 14.6. The van der Waals surface area contributed by atoms with Gasteiger partial charge < -0.3 is 19.3 Å². The average molecular weight is 463 g/mol. The van der Waals surface area contributed by atoms with Crippen molar-refractivity contribution in [2.24, 2.45) is 0 Å². The van der Waals surface area contributed by atoms with E-state index in [1.807, 2.05) is 37.3 Å². The van der Waals surface area contributed by atoms with E-state index in [1.165, 1.54) is 13.2 Å². The van der Waals surface area contributed by atoms with Crippen LogP contribution in [0.2, 0.25) is 0 Å². The average Bonchev–Trinajstić information content (AvgIpc) is 2.85. The van der Waals surface area contributed by atoms with Crippen LogP contribution in [0.25, 0.3) is 11.1 Å². The highest BCUT2D eigenvalue weighted by atomic mass is 19.1. The van der Waals surface area contributed by atoms with E-state index in [4.69, 9.17) is 25.7 Å². The Balaban J connectivity index is 1.83. The molecule has 0 bridgehead atoms. The smallest absolute Gasteiger partial charge is 0.303 e. The summed E-state index contributed by atoms with van der Waals surface area (Å²) in [5, 5.41) is 9.15. The summed E-state index contributed by atoms with van der Waals surface area (Å²) in [6, 6.07) is 17.3. The van der Waals surface area contributed by atoms with Crippen LogP contribution in [0.15, 0.2) is 60.7 Å². The molecule has 0 amide bonds. The second kappa shape index (κ2) is 11.8. The molecule has 0 aromatic heterocycles. The number of terminal acetylenes is 1. The van der Waals surface area contributed by atoms with Crippen molar-refractivity contribution in [3.05, 3.63) is 77.6 Å². The maximum atomic E-state index is 14.6. The molecule has 0 saturated heterocycles. The van der Waals surface area contributed by atoms with Gasteiger partial charge in [0.15, 0.2) is 0 Å². The highest BCUT2D eigenvalue weighted by Crippen LogP contribution is 2.35. The normalized spacial score (nSPS) is 11.4. The Morgan fingerprint density at radius 1 is 1.06 bits per heavy atom. The van der Waals surface area contributed by atoms with Crippen molar-refractivity contribution in [2.45, 2.75) is 32.3 Å². The number of carboxylic acids is 1. The number of ether oxygens (including phenoxy) is 3. The van der Waals surface area contributed by atoms with Crippen molar-refractivity contribution < 1.29 is 28.5 Å². The van der Waals surface area contributed by atoms with Gasteiger partial charge in [0.05, 0.1) is 13.5 Å². The molecular formula is C28H27FO5. The van der Waals surface area contributed by atoms with E-state index in [2.05, 4.69) is 5.92 Å². The number of carboxylic acid groups (broad SMARTS) is 1. The number of benzene rings is 3. The summed E-state index contributed by atoms with van der Waals surface area (Å²) in [4.78, 5) is 11.1. The largest absolute Gasteiger partial charge is 0.497 e. The first-order valence-electron chi connectivity index (χ1n) is 10.9. The summed E-state index contributed by atoms with van der Waals surface area (Å²) < 4.78 is 31.5. The first kappa shape index (κ1) is 24.7. The molecule has 0 radical (unpaired) electrons. The Morgan fingerprint density at radius 2 is 1.88 bits per heavy atom. The first-order chi connectivity index (χ1) is 16.4. The number of aliphatic carboxylic acids is 1. The van der Waals surface area contributed by atoms with E-state index in [-0.39, 0.29) is 25.6 Å². The van der Waals surface area contributed by atoms with Crippen LogP contribution in [0.1, 0.15) is 36.8 Å². The molecule has 1 N–H and O–H groups in total. The predicted octanol–water partition coefficient (Wildman–Crippen LogP) is 6.06. The minimum absolute atomic E-state index is 0.0346. The third kappa shape index (κ3) is 6.29. The Labute approximate surface area is 199 Å². The third-order valence-corrected chi connectivity index (χ3v) is 5.47. The van der Waals surface area contributed by atoms with Gasteiger partial charge in [0.25, 0.3) is 0 Å². The zero-order chi connectivity index (χ0) is 24.5. The van der Waals surface area contributed by atoms with Crippen molar-refractivity contribution in [3.8, 4) is 40.7 Å². The summed E-state index contributed by atoms with van der Waals surface area (Å²) in [6.45, 7) is 2.24. The second-order valence-corrected chi connectivity index (χ2v) is 7.73. The number of halogens is 1. The fourth-order valence-electron chi connectivity index (χ4n) is 3.69. The lowest BCUT2D eigenvalue weighted by Gasteiger charge is -2.16. The molecule has 3 aromatic rings. The van der Waals surface area contributed by atoms with Crippen LogP contribution in [0, 0.1) is 18.2 Å².